The average Bonchev–Trinajstić information content (AvgIpc) is 2.95. The number of quaternary nitrogens is 2. The second-order valence-corrected chi connectivity index (χ2v) is 10.7. The third-order valence-electron chi connectivity index (χ3n) is 6.58. The molecule has 0 bridgehead atoms. The van der Waals surface area contributed by atoms with Crippen molar-refractivity contribution in [3.8, 4) is 11.5 Å². The summed E-state index contributed by atoms with van der Waals surface area (Å²) in [6.07, 6.45) is 0. The summed E-state index contributed by atoms with van der Waals surface area (Å²) in [5.41, 5.74) is -2.98. The Balaban J connectivity index is 2.36. The molecule has 236 valence electrons. The summed E-state index contributed by atoms with van der Waals surface area (Å²) in [7, 11) is 0. The van der Waals surface area contributed by atoms with Crippen molar-refractivity contribution >= 4 is 39.7 Å². The molecule has 0 aliphatic carbocycles. The monoisotopic (exact) mass is 656 g/mol. The van der Waals surface area contributed by atoms with E-state index in [4.69, 9.17) is 0 Å². The molecule has 0 heterocycles. The Kier molecular flexibility index (Phi) is 11.6. The summed E-state index contributed by atoms with van der Waals surface area (Å²) >= 11 is -6.58. The molecule has 2 unspecified atom stereocenters. The minimum absolute atomic E-state index is 0.531. The van der Waals surface area contributed by atoms with Gasteiger partial charge in [0.05, 0.1) is 26.2 Å². The smallest absolute Gasteiger partial charge is 0.227 e. The van der Waals surface area contributed by atoms with E-state index in [1.165, 1.54) is 27.7 Å². The Hall–Kier alpha value is -2.71. The highest BCUT2D eigenvalue weighted by Gasteiger charge is 2.43. The van der Waals surface area contributed by atoms with Crippen LogP contribution < -0.4 is 17.3 Å². The lowest BCUT2D eigenvalue weighted by atomic mass is 10.2. The summed E-state index contributed by atoms with van der Waals surface area (Å²) in [5.74, 6) is -22.3. The standard InChI is InChI=1S/C23H24F8N2O7S2/c1-5-32(6-2,41(35)36)20-12(24)16(28)22(17(29)13(20)25)39-9-11(34)10-40-23-18(30)14(26)21(15(27)19(23)31)33(7-3,8-4)42(37)38/h5-10H2,1-4H3. The van der Waals surface area contributed by atoms with E-state index in [-0.39, 0.29) is 0 Å². The number of carbonyl (C=O) groups excluding carboxylic acids is 1. The second kappa shape index (κ2) is 13.7. The molecule has 0 radical (unpaired) electrons. The largest absolute Gasteiger partial charge is 0.724 e. The van der Waals surface area contributed by atoms with Crippen LogP contribution in [0.1, 0.15) is 27.7 Å². The van der Waals surface area contributed by atoms with Crippen LogP contribution in [0.2, 0.25) is 0 Å². The van der Waals surface area contributed by atoms with Crippen molar-refractivity contribution in [2.24, 2.45) is 0 Å². The molecule has 0 fully saturated rings. The lowest BCUT2D eigenvalue weighted by Gasteiger charge is -2.36. The molecular weight excluding hydrogens is 632 g/mol. The third kappa shape index (κ3) is 5.89. The minimum Gasteiger partial charge on any atom is -0.724 e. The number of rotatable bonds is 14. The number of halogens is 8. The van der Waals surface area contributed by atoms with Crippen LogP contribution in [0.4, 0.5) is 46.5 Å². The molecule has 19 heteroatoms. The molecule has 0 N–H and O–H groups in total. The summed E-state index contributed by atoms with van der Waals surface area (Å²) < 4.78 is 170. The van der Waals surface area contributed by atoms with Crippen LogP contribution in [-0.2, 0) is 27.3 Å². The first-order chi connectivity index (χ1) is 19.5. The van der Waals surface area contributed by atoms with E-state index in [0.29, 0.717) is 0 Å². The lowest BCUT2D eigenvalue weighted by Crippen LogP contribution is -2.51. The number of ketones is 1. The molecular formula is C23H24F8N2O7S2. The zero-order valence-corrected chi connectivity index (χ0v) is 24.0. The zero-order valence-electron chi connectivity index (χ0n) is 22.3. The van der Waals surface area contributed by atoms with Crippen LogP contribution in [-0.4, -0.2) is 62.7 Å². The number of nitrogens with zero attached hydrogens (tertiary/aromatic N) is 2. The summed E-state index contributed by atoms with van der Waals surface area (Å²) in [6, 6.07) is 0. The molecule has 2 aromatic rings. The summed E-state index contributed by atoms with van der Waals surface area (Å²) in [6.45, 7) is -0.297. The van der Waals surface area contributed by atoms with Gasteiger partial charge < -0.3 is 18.6 Å². The van der Waals surface area contributed by atoms with Gasteiger partial charge in [-0.15, -0.1) is 0 Å². The molecule has 2 aromatic carbocycles. The SMILES string of the molecule is CC[N+](CC)(c1c(F)c(F)c(OCC(=O)COc2c(F)c(F)c([N+](CC)(CC)S(=O)[O-])c(F)c2F)c(F)c1F)S(=O)[O-]. The third-order valence-corrected chi connectivity index (χ3v) is 9.12. The van der Waals surface area contributed by atoms with Gasteiger partial charge in [-0.1, -0.05) is 0 Å². The first kappa shape index (κ1) is 35.5. The van der Waals surface area contributed by atoms with Crippen molar-refractivity contribution < 1.29 is 66.9 Å². The van der Waals surface area contributed by atoms with Gasteiger partial charge in [-0.2, -0.15) is 35.1 Å². The zero-order chi connectivity index (χ0) is 32.3. The Morgan fingerprint density at radius 1 is 0.571 bits per heavy atom. The highest BCUT2D eigenvalue weighted by molar-refractivity contribution is 7.78. The summed E-state index contributed by atoms with van der Waals surface area (Å²) in [5, 5.41) is 0. The predicted molar refractivity (Wildman–Crippen MR) is 132 cm³/mol. The van der Waals surface area contributed by atoms with Crippen molar-refractivity contribution in [3.63, 3.8) is 0 Å². The predicted octanol–water partition coefficient (Wildman–Crippen LogP) is 4.11. The van der Waals surface area contributed by atoms with E-state index in [1.54, 1.807) is 0 Å². The Bertz CT molecular complexity index is 1260. The molecule has 2 rings (SSSR count). The fraction of sp³-hybridized carbons (Fsp3) is 0.435. The molecule has 0 spiro atoms. The quantitative estimate of drug-likeness (QED) is 0.130. The van der Waals surface area contributed by atoms with Crippen molar-refractivity contribution in [2.75, 3.05) is 39.4 Å². The van der Waals surface area contributed by atoms with Gasteiger partial charge in [0.2, 0.25) is 63.7 Å². The molecule has 0 aromatic heterocycles. The minimum atomic E-state index is -3.29. The second-order valence-electron chi connectivity index (χ2n) is 8.46. The van der Waals surface area contributed by atoms with Gasteiger partial charge in [0, 0.05) is 0 Å². The van der Waals surface area contributed by atoms with Crippen LogP contribution in [0.25, 0.3) is 0 Å². The van der Waals surface area contributed by atoms with Crippen LogP contribution in [0.5, 0.6) is 11.5 Å². The Labute approximate surface area is 239 Å². The maximum Gasteiger partial charge on any atom is 0.227 e. The Morgan fingerprint density at radius 2 is 0.810 bits per heavy atom. The van der Waals surface area contributed by atoms with E-state index < -0.39 is 145 Å². The number of ether oxygens (including phenoxy) is 2. The number of hydrogen-bond donors (Lipinski definition) is 0. The maximum absolute atomic E-state index is 14.8. The van der Waals surface area contributed by atoms with Gasteiger partial charge in [-0.25, -0.2) is 16.2 Å². The number of hydrogen-bond acceptors (Lipinski definition) is 7. The summed E-state index contributed by atoms with van der Waals surface area (Å²) in [4.78, 5) is 12.1. The van der Waals surface area contributed by atoms with Gasteiger partial charge in [0.1, 0.15) is 0 Å². The van der Waals surface area contributed by atoms with Crippen molar-refractivity contribution in [2.45, 2.75) is 27.7 Å². The topological polar surface area (TPSA) is 116 Å². The van der Waals surface area contributed by atoms with Crippen LogP contribution in [0, 0.1) is 46.5 Å². The maximum atomic E-state index is 14.8. The fourth-order valence-corrected chi connectivity index (χ4v) is 5.63. The van der Waals surface area contributed by atoms with Crippen LogP contribution in [0.3, 0.4) is 0 Å². The van der Waals surface area contributed by atoms with Gasteiger partial charge in [-0.05, 0) is 27.7 Å². The first-order valence-electron chi connectivity index (χ1n) is 12.0. The molecule has 0 saturated heterocycles. The lowest BCUT2D eigenvalue weighted by molar-refractivity contribution is -0.123. The highest BCUT2D eigenvalue weighted by Crippen LogP contribution is 2.40. The van der Waals surface area contributed by atoms with Crippen molar-refractivity contribution in [3.05, 3.63) is 46.5 Å². The molecule has 0 saturated carbocycles. The molecule has 9 nitrogen and oxygen atoms in total. The molecule has 42 heavy (non-hydrogen) atoms. The van der Waals surface area contributed by atoms with Gasteiger partial charge >= 0.3 is 0 Å². The van der Waals surface area contributed by atoms with Gasteiger partial charge in [0.25, 0.3) is 0 Å². The molecule has 0 aliphatic rings. The van der Waals surface area contributed by atoms with E-state index in [9.17, 15) is 57.4 Å². The fourth-order valence-electron chi connectivity index (χ4n) is 4.17. The van der Waals surface area contributed by atoms with Gasteiger partial charge in [-0.3, -0.25) is 4.79 Å². The highest BCUT2D eigenvalue weighted by atomic mass is 32.2. The first-order valence-corrected chi connectivity index (χ1v) is 14.0. The van der Waals surface area contributed by atoms with E-state index >= 15 is 0 Å². The van der Waals surface area contributed by atoms with E-state index in [1.807, 2.05) is 0 Å². The number of Topliss-reactive ketones (excluding diaryl/α,β-unsaturated/α-hetero) is 1. The van der Waals surface area contributed by atoms with Crippen molar-refractivity contribution in [1.29, 1.82) is 0 Å². The number of carbonyl (C=O) groups is 1. The Morgan fingerprint density at radius 3 is 1.00 bits per heavy atom. The van der Waals surface area contributed by atoms with Gasteiger partial charge in [0.15, 0.2) is 47.2 Å². The normalized spacial score (nSPS) is 13.7. The number of benzene rings is 2. The average molecular weight is 657 g/mol. The van der Waals surface area contributed by atoms with E-state index in [0.717, 1.165) is 0 Å². The van der Waals surface area contributed by atoms with E-state index in [2.05, 4.69) is 9.47 Å². The molecule has 0 aliphatic heterocycles. The van der Waals surface area contributed by atoms with Crippen LogP contribution >= 0.6 is 0 Å². The van der Waals surface area contributed by atoms with Crippen LogP contribution in [0.15, 0.2) is 0 Å². The molecule has 2 atom stereocenters. The molecule has 0 amide bonds. The van der Waals surface area contributed by atoms with Crippen molar-refractivity contribution in [1.82, 2.24) is 7.78 Å².